The summed E-state index contributed by atoms with van der Waals surface area (Å²) in [5, 5.41) is 2.56. The third kappa shape index (κ3) is 3.00. The smallest absolute Gasteiger partial charge is 0.259 e. The highest BCUT2D eigenvalue weighted by atomic mass is 35.5. The third-order valence-corrected chi connectivity index (χ3v) is 2.95. The molecular formula is C14H12ClFN2O2. The number of amides is 1. The lowest BCUT2D eigenvalue weighted by molar-refractivity contribution is 0.102. The monoisotopic (exact) mass is 294 g/mol. The summed E-state index contributed by atoms with van der Waals surface area (Å²) in [6.07, 6.45) is 0. The van der Waals surface area contributed by atoms with Crippen molar-refractivity contribution in [2.75, 3.05) is 18.2 Å². The van der Waals surface area contributed by atoms with Crippen molar-refractivity contribution in [3.05, 3.63) is 52.8 Å². The van der Waals surface area contributed by atoms with Crippen LogP contribution in [0.25, 0.3) is 0 Å². The third-order valence-electron chi connectivity index (χ3n) is 2.65. The zero-order valence-electron chi connectivity index (χ0n) is 10.6. The second-order valence-electron chi connectivity index (χ2n) is 4.04. The fraction of sp³-hybridized carbons (Fsp3) is 0.0714. The maximum atomic E-state index is 13.3. The number of nitrogens with one attached hydrogen (secondary N) is 1. The lowest BCUT2D eigenvalue weighted by Gasteiger charge is -2.10. The van der Waals surface area contributed by atoms with Gasteiger partial charge in [-0.05, 0) is 30.3 Å². The van der Waals surface area contributed by atoms with Crippen molar-refractivity contribution in [2.45, 2.75) is 0 Å². The van der Waals surface area contributed by atoms with E-state index in [1.54, 1.807) is 6.07 Å². The number of carbonyl (C=O) groups is 1. The molecule has 0 aliphatic carbocycles. The molecule has 0 bridgehead atoms. The first-order valence-electron chi connectivity index (χ1n) is 5.71. The first-order chi connectivity index (χ1) is 9.51. The van der Waals surface area contributed by atoms with Gasteiger partial charge in [0.2, 0.25) is 0 Å². The number of hydrogen-bond donors (Lipinski definition) is 2. The van der Waals surface area contributed by atoms with Gasteiger partial charge in [0.05, 0.1) is 17.7 Å². The summed E-state index contributed by atoms with van der Waals surface area (Å²) in [5.74, 6) is -0.686. The van der Waals surface area contributed by atoms with Crippen LogP contribution in [0.15, 0.2) is 36.4 Å². The van der Waals surface area contributed by atoms with Gasteiger partial charge in [0.25, 0.3) is 5.91 Å². The molecule has 0 saturated heterocycles. The quantitative estimate of drug-likeness (QED) is 0.854. The molecule has 1 amide bonds. The number of nitrogen functional groups attached to an aromatic ring is 1. The number of carbonyl (C=O) groups excluding carboxylic acids is 1. The average molecular weight is 295 g/mol. The Morgan fingerprint density at radius 1 is 1.30 bits per heavy atom. The molecule has 0 spiro atoms. The Hall–Kier alpha value is -2.27. The largest absolute Gasteiger partial charge is 0.496 e. The molecule has 0 heterocycles. The first-order valence-corrected chi connectivity index (χ1v) is 6.09. The van der Waals surface area contributed by atoms with E-state index >= 15 is 0 Å². The van der Waals surface area contributed by atoms with Gasteiger partial charge >= 0.3 is 0 Å². The van der Waals surface area contributed by atoms with Gasteiger partial charge in [-0.1, -0.05) is 11.6 Å². The van der Waals surface area contributed by atoms with E-state index in [9.17, 15) is 9.18 Å². The molecule has 0 radical (unpaired) electrons. The van der Waals surface area contributed by atoms with Gasteiger partial charge in [-0.2, -0.15) is 0 Å². The van der Waals surface area contributed by atoms with Crippen LogP contribution in [0.5, 0.6) is 5.75 Å². The molecule has 3 N–H and O–H groups in total. The minimum Gasteiger partial charge on any atom is -0.496 e. The summed E-state index contributed by atoms with van der Waals surface area (Å²) >= 11 is 5.58. The number of methoxy groups -OCH3 is 1. The van der Waals surface area contributed by atoms with Crippen LogP contribution in [-0.2, 0) is 0 Å². The zero-order valence-corrected chi connectivity index (χ0v) is 11.4. The summed E-state index contributed by atoms with van der Waals surface area (Å²) < 4.78 is 18.4. The lowest BCUT2D eigenvalue weighted by atomic mass is 10.1. The molecule has 20 heavy (non-hydrogen) atoms. The van der Waals surface area contributed by atoms with E-state index in [1.165, 1.54) is 31.4 Å². The van der Waals surface area contributed by atoms with E-state index in [2.05, 4.69) is 5.32 Å². The van der Waals surface area contributed by atoms with Crippen molar-refractivity contribution in [1.29, 1.82) is 0 Å². The number of ether oxygens (including phenoxy) is 1. The Morgan fingerprint density at radius 3 is 2.70 bits per heavy atom. The van der Waals surface area contributed by atoms with E-state index in [0.29, 0.717) is 22.7 Å². The van der Waals surface area contributed by atoms with E-state index < -0.39 is 11.7 Å². The maximum absolute atomic E-state index is 13.3. The van der Waals surface area contributed by atoms with Crippen LogP contribution in [0.1, 0.15) is 10.4 Å². The van der Waals surface area contributed by atoms with Crippen LogP contribution in [0, 0.1) is 5.82 Å². The van der Waals surface area contributed by atoms with Gasteiger partial charge in [0.15, 0.2) is 0 Å². The van der Waals surface area contributed by atoms with Gasteiger partial charge in [-0.3, -0.25) is 4.79 Å². The molecule has 2 rings (SSSR count). The normalized spacial score (nSPS) is 10.2. The predicted molar refractivity (Wildman–Crippen MR) is 76.8 cm³/mol. The summed E-state index contributed by atoms with van der Waals surface area (Å²) in [4.78, 5) is 12.1. The minimum absolute atomic E-state index is 0.00642. The van der Waals surface area contributed by atoms with Crippen LogP contribution in [0.3, 0.4) is 0 Å². The van der Waals surface area contributed by atoms with Crippen molar-refractivity contribution in [2.24, 2.45) is 0 Å². The minimum atomic E-state index is -0.603. The Bertz CT molecular complexity index is 662. The van der Waals surface area contributed by atoms with Crippen molar-refractivity contribution in [3.8, 4) is 5.75 Å². The van der Waals surface area contributed by atoms with E-state index in [4.69, 9.17) is 22.1 Å². The standard InChI is InChI=1S/C14H12ClFN2O2/c1-20-13-6-8(17)2-4-10(13)14(19)18-9-3-5-11(15)12(16)7-9/h2-7H,17H2,1H3,(H,18,19). The van der Waals surface area contributed by atoms with Crippen LogP contribution in [0.2, 0.25) is 5.02 Å². The van der Waals surface area contributed by atoms with E-state index in [0.717, 1.165) is 6.07 Å². The van der Waals surface area contributed by atoms with Gasteiger partial charge in [-0.25, -0.2) is 4.39 Å². The van der Waals surface area contributed by atoms with Crippen LogP contribution in [0.4, 0.5) is 15.8 Å². The molecule has 0 aliphatic heterocycles. The Labute approximate surface area is 120 Å². The molecule has 0 fully saturated rings. The fourth-order valence-corrected chi connectivity index (χ4v) is 1.79. The van der Waals surface area contributed by atoms with Crippen molar-refractivity contribution < 1.29 is 13.9 Å². The Morgan fingerprint density at radius 2 is 2.05 bits per heavy atom. The lowest BCUT2D eigenvalue weighted by Crippen LogP contribution is -2.13. The Balaban J connectivity index is 2.25. The highest BCUT2D eigenvalue weighted by Gasteiger charge is 2.13. The SMILES string of the molecule is COc1cc(N)ccc1C(=O)Nc1ccc(Cl)c(F)c1. The number of halogens is 2. The zero-order chi connectivity index (χ0) is 14.7. The van der Waals surface area contributed by atoms with E-state index in [1.807, 2.05) is 0 Å². The number of benzene rings is 2. The number of hydrogen-bond acceptors (Lipinski definition) is 3. The second kappa shape index (κ2) is 5.79. The molecule has 0 unspecified atom stereocenters. The molecular weight excluding hydrogens is 283 g/mol. The topological polar surface area (TPSA) is 64.3 Å². The number of nitrogens with two attached hydrogens (primary N) is 1. The maximum Gasteiger partial charge on any atom is 0.259 e. The van der Waals surface area contributed by atoms with Crippen molar-refractivity contribution in [1.82, 2.24) is 0 Å². The average Bonchev–Trinajstić information content (AvgIpc) is 2.42. The van der Waals surface area contributed by atoms with Crippen LogP contribution in [-0.4, -0.2) is 13.0 Å². The molecule has 4 nitrogen and oxygen atoms in total. The van der Waals surface area contributed by atoms with Gasteiger partial charge < -0.3 is 15.8 Å². The molecule has 2 aromatic carbocycles. The number of rotatable bonds is 3. The van der Waals surface area contributed by atoms with Crippen molar-refractivity contribution >= 4 is 28.9 Å². The van der Waals surface area contributed by atoms with Crippen LogP contribution < -0.4 is 15.8 Å². The summed E-state index contributed by atoms with van der Waals surface area (Å²) in [6.45, 7) is 0. The van der Waals surface area contributed by atoms with Gasteiger partial charge in [0.1, 0.15) is 11.6 Å². The Kier molecular flexibility index (Phi) is 4.10. The first kappa shape index (κ1) is 14.1. The predicted octanol–water partition coefficient (Wildman–Crippen LogP) is 3.32. The number of anilines is 2. The molecule has 0 saturated carbocycles. The highest BCUT2D eigenvalue weighted by Crippen LogP contribution is 2.24. The summed E-state index contributed by atoms with van der Waals surface area (Å²) in [5.41, 5.74) is 6.70. The second-order valence-corrected chi connectivity index (χ2v) is 4.45. The molecule has 0 aromatic heterocycles. The van der Waals surface area contributed by atoms with Gasteiger partial charge in [-0.15, -0.1) is 0 Å². The summed E-state index contributed by atoms with van der Waals surface area (Å²) in [7, 11) is 1.44. The molecule has 0 atom stereocenters. The van der Waals surface area contributed by atoms with Gasteiger partial charge in [0, 0.05) is 17.4 Å². The molecule has 0 aliphatic rings. The summed E-state index contributed by atoms with van der Waals surface area (Å²) in [6, 6.07) is 8.68. The molecule has 6 heteroatoms. The highest BCUT2D eigenvalue weighted by molar-refractivity contribution is 6.30. The van der Waals surface area contributed by atoms with Crippen molar-refractivity contribution in [3.63, 3.8) is 0 Å². The fourth-order valence-electron chi connectivity index (χ4n) is 1.67. The molecule has 2 aromatic rings. The van der Waals surface area contributed by atoms with Crippen LogP contribution >= 0.6 is 11.6 Å². The molecule has 104 valence electrons. The van der Waals surface area contributed by atoms with E-state index in [-0.39, 0.29) is 5.02 Å².